The molecule has 0 aromatic carbocycles. The van der Waals surface area contributed by atoms with Gasteiger partial charge in [0.05, 0.1) is 18.0 Å². The highest BCUT2D eigenvalue weighted by molar-refractivity contribution is 6.57. The van der Waals surface area contributed by atoms with Gasteiger partial charge in [0.2, 0.25) is 0 Å². The fourth-order valence-corrected chi connectivity index (χ4v) is 3.55. The van der Waals surface area contributed by atoms with E-state index in [1.165, 1.54) is 35.0 Å². The maximum absolute atomic E-state index is 6.15. The van der Waals surface area contributed by atoms with Crippen molar-refractivity contribution in [3.05, 3.63) is 34.5 Å². The van der Waals surface area contributed by atoms with Crippen LogP contribution in [0.4, 0.5) is 0 Å². The summed E-state index contributed by atoms with van der Waals surface area (Å²) in [4.78, 5) is 0. The molecule has 0 spiro atoms. The Hall–Kier alpha value is -1.04. The van der Waals surface area contributed by atoms with Gasteiger partial charge in [0, 0.05) is 6.54 Å². The molecule has 3 aliphatic heterocycles. The molecule has 3 heterocycles. The van der Waals surface area contributed by atoms with E-state index in [1.807, 2.05) is 6.26 Å². The molecule has 0 radical (unpaired) electrons. The zero-order valence-electron chi connectivity index (χ0n) is 12.0. The fraction of sp³-hybridized carbons (Fsp3) is 0.600. The van der Waals surface area contributed by atoms with E-state index in [0.29, 0.717) is 19.1 Å². The summed E-state index contributed by atoms with van der Waals surface area (Å²) in [5, 5.41) is 0. The smallest absolute Gasteiger partial charge is 0.495 e. The Labute approximate surface area is 119 Å². The second-order valence-electron chi connectivity index (χ2n) is 6.47. The van der Waals surface area contributed by atoms with Gasteiger partial charge in [0.1, 0.15) is 6.61 Å². The normalized spacial score (nSPS) is 31.4. The molecule has 1 aliphatic carbocycles. The van der Waals surface area contributed by atoms with Gasteiger partial charge in [-0.25, -0.2) is 0 Å². The zero-order chi connectivity index (χ0) is 13.9. The summed E-state index contributed by atoms with van der Waals surface area (Å²) in [7, 11) is -0.294. The van der Waals surface area contributed by atoms with E-state index in [2.05, 4.69) is 19.9 Å². The largest absolute Gasteiger partial charge is 0.497 e. The Morgan fingerprint density at radius 3 is 2.90 bits per heavy atom. The van der Waals surface area contributed by atoms with Crippen molar-refractivity contribution < 1.29 is 14.0 Å². The standard InChI is InChI=1S/C15H20BNO3/c1-15(2)11-8-18-6-5-10-13(9-3-4-9)12(7-17)19-16(20-15)14(10)11/h5-6,9,12H,3-4,7-8,17H2,1-2H3/t12-/m1/s1. The Bertz CT molecular complexity index is 545. The van der Waals surface area contributed by atoms with Crippen molar-refractivity contribution in [2.75, 3.05) is 13.2 Å². The lowest BCUT2D eigenvalue weighted by Crippen LogP contribution is -2.41. The van der Waals surface area contributed by atoms with Crippen LogP contribution < -0.4 is 5.73 Å². The van der Waals surface area contributed by atoms with E-state index in [0.717, 1.165) is 0 Å². The number of allylic oxidation sites excluding steroid dienone is 3. The number of ether oxygens (including phenoxy) is 1. The molecule has 106 valence electrons. The van der Waals surface area contributed by atoms with E-state index in [1.54, 1.807) is 0 Å². The van der Waals surface area contributed by atoms with Crippen molar-refractivity contribution in [2.45, 2.75) is 38.4 Å². The maximum Gasteiger partial charge on any atom is 0.495 e. The zero-order valence-corrected chi connectivity index (χ0v) is 12.0. The highest BCUT2D eigenvalue weighted by Gasteiger charge is 2.52. The molecule has 2 N–H and O–H groups in total. The molecule has 0 aromatic rings. The van der Waals surface area contributed by atoms with Crippen LogP contribution in [0.1, 0.15) is 26.7 Å². The molecule has 20 heavy (non-hydrogen) atoms. The van der Waals surface area contributed by atoms with Crippen LogP contribution in [0.25, 0.3) is 0 Å². The van der Waals surface area contributed by atoms with Crippen molar-refractivity contribution in [3.8, 4) is 0 Å². The molecule has 0 aromatic heterocycles. The van der Waals surface area contributed by atoms with Gasteiger partial charge in [0.15, 0.2) is 0 Å². The van der Waals surface area contributed by atoms with E-state index >= 15 is 0 Å². The number of hydrogen-bond acceptors (Lipinski definition) is 4. The van der Waals surface area contributed by atoms with Crippen molar-refractivity contribution in [2.24, 2.45) is 11.7 Å². The SMILES string of the molecule is CC1(C)OB2O[C@H](CN)C(C3CC3)=C3C=COCC1=C23. The Kier molecular flexibility index (Phi) is 2.68. The van der Waals surface area contributed by atoms with Crippen LogP contribution in [-0.2, 0) is 14.0 Å². The van der Waals surface area contributed by atoms with Gasteiger partial charge < -0.3 is 19.8 Å². The van der Waals surface area contributed by atoms with Crippen LogP contribution >= 0.6 is 0 Å². The van der Waals surface area contributed by atoms with Crippen LogP contribution in [-0.4, -0.2) is 32.0 Å². The summed E-state index contributed by atoms with van der Waals surface area (Å²) in [5.74, 6) is 0.625. The predicted molar refractivity (Wildman–Crippen MR) is 76.7 cm³/mol. The van der Waals surface area contributed by atoms with E-state index < -0.39 is 0 Å². The predicted octanol–water partition coefficient (Wildman–Crippen LogP) is 1.73. The molecule has 5 heteroatoms. The highest BCUT2D eigenvalue weighted by atomic mass is 16.6. The van der Waals surface area contributed by atoms with E-state index in [-0.39, 0.29) is 18.8 Å². The maximum atomic E-state index is 6.15. The number of rotatable bonds is 2. The van der Waals surface area contributed by atoms with Gasteiger partial charge in [-0.2, -0.15) is 0 Å². The minimum Gasteiger partial charge on any atom is -0.497 e. The highest BCUT2D eigenvalue weighted by Crippen LogP contribution is 2.49. The first-order valence-electron chi connectivity index (χ1n) is 7.41. The Balaban J connectivity index is 1.91. The van der Waals surface area contributed by atoms with E-state index in [4.69, 9.17) is 19.8 Å². The summed E-state index contributed by atoms with van der Waals surface area (Å²) in [5.41, 5.74) is 10.6. The van der Waals surface area contributed by atoms with Gasteiger partial charge in [-0.3, -0.25) is 0 Å². The van der Waals surface area contributed by atoms with Crippen molar-refractivity contribution in [3.63, 3.8) is 0 Å². The molecule has 0 unspecified atom stereocenters. The number of nitrogens with two attached hydrogens (primary N) is 1. The molecule has 4 nitrogen and oxygen atoms in total. The van der Waals surface area contributed by atoms with Crippen LogP contribution in [0.2, 0.25) is 0 Å². The second-order valence-corrected chi connectivity index (χ2v) is 6.47. The average molecular weight is 273 g/mol. The van der Waals surface area contributed by atoms with Gasteiger partial charge in [0.25, 0.3) is 0 Å². The first-order valence-corrected chi connectivity index (χ1v) is 7.41. The molecule has 0 saturated heterocycles. The molecular weight excluding hydrogens is 253 g/mol. The molecule has 0 amide bonds. The monoisotopic (exact) mass is 273 g/mol. The third kappa shape index (κ3) is 1.73. The van der Waals surface area contributed by atoms with Crippen LogP contribution in [0, 0.1) is 5.92 Å². The van der Waals surface area contributed by atoms with Gasteiger partial charge >= 0.3 is 7.12 Å². The van der Waals surface area contributed by atoms with Crippen molar-refractivity contribution in [1.29, 1.82) is 0 Å². The third-order valence-corrected chi connectivity index (χ3v) is 4.72. The van der Waals surface area contributed by atoms with Gasteiger partial charge in [-0.05, 0) is 60.9 Å². The first-order chi connectivity index (χ1) is 9.62. The molecule has 0 bridgehead atoms. The average Bonchev–Trinajstić information content (AvgIpc) is 3.20. The summed E-state index contributed by atoms with van der Waals surface area (Å²) < 4.78 is 17.9. The van der Waals surface area contributed by atoms with E-state index in [9.17, 15) is 0 Å². The van der Waals surface area contributed by atoms with Crippen LogP contribution in [0.5, 0.6) is 0 Å². The van der Waals surface area contributed by atoms with Crippen LogP contribution in [0.3, 0.4) is 0 Å². The van der Waals surface area contributed by atoms with Gasteiger partial charge in [-0.15, -0.1) is 0 Å². The van der Waals surface area contributed by atoms with Crippen LogP contribution in [0.15, 0.2) is 34.5 Å². The summed E-state index contributed by atoms with van der Waals surface area (Å²) >= 11 is 0. The minimum absolute atomic E-state index is 0.0239. The lowest BCUT2D eigenvalue weighted by Gasteiger charge is -2.31. The Morgan fingerprint density at radius 1 is 1.40 bits per heavy atom. The van der Waals surface area contributed by atoms with Crippen molar-refractivity contribution >= 4 is 7.12 Å². The van der Waals surface area contributed by atoms with Crippen molar-refractivity contribution in [1.82, 2.24) is 0 Å². The summed E-state index contributed by atoms with van der Waals surface area (Å²) in [6, 6.07) is 0. The molecule has 1 atom stereocenters. The lowest BCUT2D eigenvalue weighted by atomic mass is 9.67. The number of hydrogen-bond donors (Lipinski definition) is 1. The molecule has 1 fully saturated rings. The molecule has 4 aliphatic rings. The quantitative estimate of drug-likeness (QED) is 0.778. The minimum atomic E-state index is -0.338. The second kappa shape index (κ2) is 4.23. The molecule has 4 rings (SSSR count). The van der Waals surface area contributed by atoms with Gasteiger partial charge in [-0.1, -0.05) is 0 Å². The third-order valence-electron chi connectivity index (χ3n) is 4.72. The first kappa shape index (κ1) is 12.7. The topological polar surface area (TPSA) is 53.7 Å². The lowest BCUT2D eigenvalue weighted by molar-refractivity contribution is 0.0886. The Morgan fingerprint density at radius 2 is 2.20 bits per heavy atom. The summed E-state index contributed by atoms with van der Waals surface area (Å²) in [6.45, 7) is 5.25. The molecule has 1 saturated carbocycles. The summed E-state index contributed by atoms with van der Waals surface area (Å²) in [6.07, 6.45) is 6.35. The fourth-order valence-electron chi connectivity index (χ4n) is 3.55. The molecular formula is C15H20BNO3.